The second-order valence-electron chi connectivity index (χ2n) is 5.51. The average molecular weight is 288 g/mol. The van der Waals surface area contributed by atoms with Crippen LogP contribution in [0.4, 0.5) is 0 Å². The van der Waals surface area contributed by atoms with Crippen LogP contribution in [-0.4, -0.2) is 25.4 Å². The lowest BCUT2D eigenvalue weighted by atomic mass is 9.90. The first-order valence-electron chi connectivity index (χ1n) is 7.68. The Bertz CT molecular complexity index is 493. The summed E-state index contributed by atoms with van der Waals surface area (Å²) in [7, 11) is 1.62. The Balaban J connectivity index is 1.90. The molecule has 1 aromatic rings. The van der Waals surface area contributed by atoms with Crippen molar-refractivity contribution in [3.63, 3.8) is 0 Å². The monoisotopic (exact) mass is 288 g/mol. The minimum absolute atomic E-state index is 0.147. The van der Waals surface area contributed by atoms with Crippen molar-refractivity contribution < 1.29 is 14.6 Å². The highest BCUT2D eigenvalue weighted by molar-refractivity contribution is 5.48. The lowest BCUT2D eigenvalue weighted by Crippen LogP contribution is -2.13. The summed E-state index contributed by atoms with van der Waals surface area (Å²) in [6, 6.07) is 5.88. The van der Waals surface area contributed by atoms with E-state index in [1.807, 2.05) is 18.2 Å². The van der Waals surface area contributed by atoms with Crippen LogP contribution in [0.15, 0.2) is 18.2 Å². The van der Waals surface area contributed by atoms with Crippen LogP contribution in [0.2, 0.25) is 0 Å². The van der Waals surface area contributed by atoms with Crippen LogP contribution >= 0.6 is 0 Å². The molecule has 0 atom stereocenters. The van der Waals surface area contributed by atoms with Crippen molar-refractivity contribution in [1.82, 2.24) is 0 Å². The van der Waals surface area contributed by atoms with Crippen LogP contribution in [0, 0.1) is 17.8 Å². The zero-order chi connectivity index (χ0) is 14.9. The van der Waals surface area contributed by atoms with Crippen molar-refractivity contribution >= 4 is 0 Å². The number of ether oxygens (including phenoxy) is 2. The van der Waals surface area contributed by atoms with E-state index >= 15 is 0 Å². The summed E-state index contributed by atoms with van der Waals surface area (Å²) in [5.41, 5.74) is 1.89. The molecule has 1 aromatic carbocycles. The molecule has 0 bridgehead atoms. The normalized spacial score (nSPS) is 15.3. The highest BCUT2D eigenvalue weighted by Gasteiger charge is 2.13. The fraction of sp³-hybridized carbons (Fsp3) is 0.556. The van der Waals surface area contributed by atoms with Crippen LogP contribution in [0.25, 0.3) is 0 Å². The Morgan fingerprint density at radius 2 is 2.05 bits per heavy atom. The van der Waals surface area contributed by atoms with Gasteiger partial charge in [-0.1, -0.05) is 37.2 Å². The zero-order valence-electron chi connectivity index (χ0n) is 12.7. The van der Waals surface area contributed by atoms with Gasteiger partial charge in [0.15, 0.2) is 0 Å². The summed E-state index contributed by atoms with van der Waals surface area (Å²) in [5.74, 6) is 7.03. The van der Waals surface area contributed by atoms with Gasteiger partial charge in [0.2, 0.25) is 0 Å². The molecular weight excluding hydrogens is 264 g/mol. The van der Waals surface area contributed by atoms with Gasteiger partial charge in [0, 0.05) is 6.61 Å². The fourth-order valence-corrected chi connectivity index (χ4v) is 2.77. The minimum Gasteiger partial charge on any atom is -0.495 e. The molecule has 114 valence electrons. The third-order valence-corrected chi connectivity index (χ3v) is 3.91. The summed E-state index contributed by atoms with van der Waals surface area (Å²) in [6.07, 6.45) is 6.67. The van der Waals surface area contributed by atoms with Crippen LogP contribution in [0.1, 0.15) is 43.2 Å². The van der Waals surface area contributed by atoms with Gasteiger partial charge in [-0.15, -0.1) is 0 Å². The fourth-order valence-electron chi connectivity index (χ4n) is 2.77. The van der Waals surface area contributed by atoms with Gasteiger partial charge in [-0.2, -0.15) is 0 Å². The first-order chi connectivity index (χ1) is 10.3. The number of benzene rings is 1. The molecule has 1 saturated carbocycles. The van der Waals surface area contributed by atoms with Crippen molar-refractivity contribution in [3.8, 4) is 17.6 Å². The van der Waals surface area contributed by atoms with Crippen molar-refractivity contribution in [2.45, 2.75) is 38.7 Å². The van der Waals surface area contributed by atoms with Gasteiger partial charge in [-0.25, -0.2) is 0 Å². The van der Waals surface area contributed by atoms with Crippen LogP contribution < -0.4 is 4.74 Å². The van der Waals surface area contributed by atoms with E-state index in [9.17, 15) is 0 Å². The average Bonchev–Trinajstić information content (AvgIpc) is 2.54. The first-order valence-corrected chi connectivity index (χ1v) is 7.68. The Morgan fingerprint density at radius 3 is 2.76 bits per heavy atom. The number of hydrogen-bond acceptors (Lipinski definition) is 3. The smallest absolute Gasteiger partial charge is 0.134 e. The molecule has 0 radical (unpaired) electrons. The summed E-state index contributed by atoms with van der Waals surface area (Å²) in [6.45, 7) is 1.31. The van der Waals surface area contributed by atoms with E-state index in [4.69, 9.17) is 14.6 Å². The van der Waals surface area contributed by atoms with Gasteiger partial charge in [0.1, 0.15) is 12.4 Å². The van der Waals surface area contributed by atoms with Gasteiger partial charge in [-0.3, -0.25) is 0 Å². The van der Waals surface area contributed by atoms with Crippen molar-refractivity contribution in [2.24, 2.45) is 5.92 Å². The molecule has 0 spiro atoms. The molecule has 0 amide bonds. The van der Waals surface area contributed by atoms with Crippen molar-refractivity contribution in [3.05, 3.63) is 29.3 Å². The molecule has 0 heterocycles. The van der Waals surface area contributed by atoms with Crippen LogP contribution in [-0.2, 0) is 11.3 Å². The summed E-state index contributed by atoms with van der Waals surface area (Å²) < 4.78 is 11.1. The zero-order valence-corrected chi connectivity index (χ0v) is 12.7. The summed E-state index contributed by atoms with van der Waals surface area (Å²) in [5, 5.41) is 8.81. The second kappa shape index (κ2) is 8.71. The van der Waals surface area contributed by atoms with E-state index < -0.39 is 0 Å². The molecule has 0 saturated heterocycles. The van der Waals surface area contributed by atoms with Gasteiger partial charge >= 0.3 is 0 Å². The Kier molecular flexibility index (Phi) is 6.59. The van der Waals surface area contributed by atoms with Gasteiger partial charge < -0.3 is 14.6 Å². The van der Waals surface area contributed by atoms with Gasteiger partial charge in [0.05, 0.1) is 19.3 Å². The van der Waals surface area contributed by atoms with Crippen molar-refractivity contribution in [1.29, 1.82) is 0 Å². The number of aliphatic hydroxyl groups excluding tert-OH is 1. The molecule has 3 heteroatoms. The van der Waals surface area contributed by atoms with E-state index in [0.717, 1.165) is 29.4 Å². The maximum Gasteiger partial charge on any atom is 0.134 e. The van der Waals surface area contributed by atoms with E-state index in [0.29, 0.717) is 6.61 Å². The summed E-state index contributed by atoms with van der Waals surface area (Å²) in [4.78, 5) is 0. The molecule has 3 nitrogen and oxygen atoms in total. The Hall–Kier alpha value is -1.50. The maximum absolute atomic E-state index is 8.81. The number of aliphatic hydroxyl groups is 1. The molecule has 0 aromatic heterocycles. The van der Waals surface area contributed by atoms with Crippen LogP contribution in [0.3, 0.4) is 0 Å². The van der Waals surface area contributed by atoms with Crippen molar-refractivity contribution in [2.75, 3.05) is 20.3 Å². The second-order valence-corrected chi connectivity index (χ2v) is 5.51. The van der Waals surface area contributed by atoms with E-state index in [1.165, 1.54) is 32.1 Å². The SMILES string of the molecule is COc1ccc(COCC2CCCCC2)cc1C#CCO. The molecule has 0 aliphatic heterocycles. The number of rotatable bonds is 5. The Morgan fingerprint density at radius 1 is 1.24 bits per heavy atom. The number of hydrogen-bond donors (Lipinski definition) is 1. The van der Waals surface area contributed by atoms with Gasteiger partial charge in [0.25, 0.3) is 0 Å². The lowest BCUT2D eigenvalue weighted by Gasteiger charge is -2.21. The minimum atomic E-state index is -0.147. The quantitative estimate of drug-likeness (QED) is 0.846. The first kappa shape index (κ1) is 15.9. The predicted molar refractivity (Wildman–Crippen MR) is 83.2 cm³/mol. The highest BCUT2D eigenvalue weighted by atomic mass is 16.5. The number of methoxy groups -OCH3 is 1. The molecule has 1 aliphatic rings. The molecule has 2 rings (SSSR count). The third kappa shape index (κ3) is 5.08. The third-order valence-electron chi connectivity index (χ3n) is 3.91. The Labute approximate surface area is 127 Å². The van der Waals surface area contributed by atoms with E-state index in [2.05, 4.69) is 11.8 Å². The topological polar surface area (TPSA) is 38.7 Å². The van der Waals surface area contributed by atoms with E-state index in [1.54, 1.807) is 7.11 Å². The van der Waals surface area contributed by atoms with E-state index in [-0.39, 0.29) is 6.61 Å². The molecule has 1 fully saturated rings. The maximum atomic E-state index is 8.81. The summed E-state index contributed by atoms with van der Waals surface area (Å²) >= 11 is 0. The molecule has 0 unspecified atom stereocenters. The molecular formula is C18H24O3. The van der Waals surface area contributed by atoms with Crippen LogP contribution in [0.5, 0.6) is 5.75 Å². The molecule has 21 heavy (non-hydrogen) atoms. The standard InChI is InChI=1S/C18H24O3/c1-20-18-10-9-16(12-17(18)8-5-11-19)14-21-13-15-6-3-2-4-7-15/h9-10,12,15,19H,2-4,6-7,11,13-14H2,1H3. The van der Waals surface area contributed by atoms with Gasteiger partial charge in [-0.05, 0) is 36.5 Å². The predicted octanol–water partition coefficient (Wildman–Crippen LogP) is 3.14. The lowest BCUT2D eigenvalue weighted by molar-refractivity contribution is 0.0739. The highest BCUT2D eigenvalue weighted by Crippen LogP contribution is 2.24. The molecule has 1 aliphatic carbocycles. The molecule has 1 N–H and O–H groups in total. The largest absolute Gasteiger partial charge is 0.495 e.